The second-order valence-electron chi connectivity index (χ2n) is 6.52. The van der Waals surface area contributed by atoms with Gasteiger partial charge in [0, 0.05) is 50.5 Å². The van der Waals surface area contributed by atoms with E-state index in [9.17, 15) is 8.42 Å². The lowest BCUT2D eigenvalue weighted by Crippen LogP contribution is -2.58. The number of piperazine rings is 1. The van der Waals surface area contributed by atoms with Crippen molar-refractivity contribution in [3.63, 3.8) is 0 Å². The van der Waals surface area contributed by atoms with Gasteiger partial charge in [-0.25, -0.2) is 8.42 Å². The smallest absolute Gasteiger partial charge is 0.243 e. The van der Waals surface area contributed by atoms with Crippen molar-refractivity contribution in [2.45, 2.75) is 44.2 Å². The minimum atomic E-state index is -3.52. The summed E-state index contributed by atoms with van der Waals surface area (Å²) < 4.78 is 32.6. The number of halogens is 1. The van der Waals surface area contributed by atoms with E-state index in [4.69, 9.17) is 16.3 Å². The van der Waals surface area contributed by atoms with Crippen molar-refractivity contribution < 1.29 is 13.2 Å². The summed E-state index contributed by atoms with van der Waals surface area (Å²) in [6, 6.07) is 5.27. The van der Waals surface area contributed by atoms with Gasteiger partial charge in [-0.1, -0.05) is 17.7 Å². The number of benzene rings is 1. The average molecular weight is 375 g/mol. The molecule has 0 amide bonds. The number of rotatable bonds is 6. The van der Waals surface area contributed by atoms with Gasteiger partial charge >= 0.3 is 0 Å². The quantitative estimate of drug-likeness (QED) is 0.718. The van der Waals surface area contributed by atoms with E-state index < -0.39 is 10.0 Å². The van der Waals surface area contributed by atoms with Crippen molar-refractivity contribution in [2.24, 2.45) is 0 Å². The van der Waals surface area contributed by atoms with Crippen LogP contribution in [0.5, 0.6) is 0 Å². The van der Waals surface area contributed by atoms with E-state index in [1.807, 2.05) is 6.92 Å². The highest BCUT2D eigenvalue weighted by Gasteiger charge is 2.35. The fourth-order valence-corrected chi connectivity index (χ4v) is 5.09. The molecule has 0 aliphatic carbocycles. The third kappa shape index (κ3) is 4.29. The summed E-state index contributed by atoms with van der Waals surface area (Å²) in [4.78, 5) is 2.62. The van der Waals surface area contributed by atoms with E-state index in [1.165, 1.54) is 0 Å². The maximum absolute atomic E-state index is 12.9. The Morgan fingerprint density at radius 3 is 2.42 bits per heavy atom. The van der Waals surface area contributed by atoms with Gasteiger partial charge in [-0.05, 0) is 44.9 Å². The van der Waals surface area contributed by atoms with E-state index in [-0.39, 0.29) is 17.0 Å². The van der Waals surface area contributed by atoms with Crippen LogP contribution in [0, 0.1) is 6.92 Å². The minimum Gasteiger partial charge on any atom is -0.385 e. The van der Waals surface area contributed by atoms with Crippen LogP contribution >= 0.6 is 11.6 Å². The highest BCUT2D eigenvalue weighted by atomic mass is 35.5. The maximum atomic E-state index is 12.9. The van der Waals surface area contributed by atoms with Crippen LogP contribution in [0.25, 0.3) is 0 Å². The standard InChI is InChI=1S/C17H27ClN2O3S/c1-13-6-7-16(10-17(13)18)24(21,22)19-11-14(2)20(15(3)12-19)8-5-9-23-4/h6-7,10,14-15H,5,8-9,11-12H2,1-4H3. The van der Waals surface area contributed by atoms with Crippen molar-refractivity contribution in [3.8, 4) is 0 Å². The summed E-state index contributed by atoms with van der Waals surface area (Å²) >= 11 is 6.11. The third-order valence-electron chi connectivity index (χ3n) is 4.61. The molecule has 7 heteroatoms. The Labute approximate surface area is 150 Å². The first kappa shape index (κ1) is 19.7. The molecule has 0 N–H and O–H groups in total. The Morgan fingerprint density at radius 1 is 1.25 bits per heavy atom. The maximum Gasteiger partial charge on any atom is 0.243 e. The monoisotopic (exact) mass is 374 g/mol. The normalized spacial score (nSPS) is 23.5. The Balaban J connectivity index is 2.14. The fourth-order valence-electron chi connectivity index (χ4n) is 3.22. The Morgan fingerprint density at radius 2 is 1.88 bits per heavy atom. The lowest BCUT2D eigenvalue weighted by molar-refractivity contribution is 0.0666. The van der Waals surface area contributed by atoms with E-state index >= 15 is 0 Å². The van der Waals surface area contributed by atoms with Crippen LogP contribution in [0.4, 0.5) is 0 Å². The molecule has 1 saturated heterocycles. The number of hydrogen-bond acceptors (Lipinski definition) is 4. The van der Waals surface area contributed by atoms with Gasteiger partial charge in [-0.3, -0.25) is 4.90 Å². The lowest BCUT2D eigenvalue weighted by Gasteiger charge is -2.43. The molecule has 2 unspecified atom stereocenters. The Kier molecular flexibility index (Phi) is 6.67. The molecule has 1 fully saturated rings. The predicted octanol–water partition coefficient (Wildman–Crippen LogP) is 2.77. The molecule has 0 spiro atoms. The van der Waals surface area contributed by atoms with E-state index in [0.29, 0.717) is 18.1 Å². The molecule has 136 valence electrons. The summed E-state index contributed by atoms with van der Waals surface area (Å²) in [6.45, 7) is 8.64. The zero-order valence-electron chi connectivity index (χ0n) is 14.8. The van der Waals surface area contributed by atoms with Gasteiger partial charge in [-0.2, -0.15) is 4.31 Å². The molecular weight excluding hydrogens is 348 g/mol. The Bertz CT molecular complexity index is 654. The molecule has 1 aromatic rings. The van der Waals surface area contributed by atoms with Gasteiger partial charge in [0.2, 0.25) is 10.0 Å². The first-order valence-electron chi connectivity index (χ1n) is 8.28. The molecular formula is C17H27ClN2O3S. The number of methoxy groups -OCH3 is 1. The van der Waals surface area contributed by atoms with E-state index in [0.717, 1.165) is 25.1 Å². The second kappa shape index (κ2) is 8.15. The van der Waals surface area contributed by atoms with Crippen LogP contribution in [0.3, 0.4) is 0 Å². The van der Waals surface area contributed by atoms with Crippen LogP contribution in [0.15, 0.2) is 23.1 Å². The fraction of sp³-hybridized carbons (Fsp3) is 0.647. The van der Waals surface area contributed by atoms with Gasteiger partial charge in [0.15, 0.2) is 0 Å². The summed E-state index contributed by atoms with van der Waals surface area (Å²) in [6.07, 6.45) is 0.950. The van der Waals surface area contributed by atoms with Crippen molar-refractivity contribution in [1.82, 2.24) is 9.21 Å². The third-order valence-corrected chi connectivity index (χ3v) is 6.85. The molecule has 0 radical (unpaired) electrons. The van der Waals surface area contributed by atoms with Crippen LogP contribution in [-0.2, 0) is 14.8 Å². The molecule has 1 heterocycles. The number of ether oxygens (including phenoxy) is 1. The Hall–Kier alpha value is -0.660. The topological polar surface area (TPSA) is 49.9 Å². The number of hydrogen-bond donors (Lipinski definition) is 0. The van der Waals surface area contributed by atoms with E-state index in [1.54, 1.807) is 29.6 Å². The first-order valence-corrected chi connectivity index (χ1v) is 10.1. The van der Waals surface area contributed by atoms with E-state index in [2.05, 4.69) is 18.7 Å². The summed E-state index contributed by atoms with van der Waals surface area (Å²) in [5, 5.41) is 0.482. The van der Waals surface area contributed by atoms with Crippen LogP contribution in [0.2, 0.25) is 5.02 Å². The molecule has 1 aliphatic rings. The van der Waals surface area contributed by atoms with Crippen molar-refractivity contribution in [2.75, 3.05) is 33.4 Å². The zero-order valence-corrected chi connectivity index (χ0v) is 16.4. The first-order chi connectivity index (χ1) is 11.3. The number of sulfonamides is 1. The molecule has 0 aromatic heterocycles. The summed E-state index contributed by atoms with van der Waals surface area (Å²) in [7, 11) is -1.82. The van der Waals surface area contributed by atoms with Gasteiger partial charge in [0.1, 0.15) is 0 Å². The van der Waals surface area contributed by atoms with Crippen molar-refractivity contribution in [1.29, 1.82) is 0 Å². The SMILES string of the molecule is COCCCN1C(C)CN(S(=O)(=O)c2ccc(C)c(Cl)c2)CC1C. The molecule has 0 saturated carbocycles. The van der Waals surface area contributed by atoms with Gasteiger partial charge in [0.05, 0.1) is 4.90 Å². The molecule has 1 aromatic carbocycles. The predicted molar refractivity (Wildman–Crippen MR) is 97.1 cm³/mol. The van der Waals surface area contributed by atoms with Gasteiger partial charge in [-0.15, -0.1) is 0 Å². The highest BCUT2D eigenvalue weighted by molar-refractivity contribution is 7.89. The largest absolute Gasteiger partial charge is 0.385 e. The van der Waals surface area contributed by atoms with Gasteiger partial charge < -0.3 is 4.74 Å². The van der Waals surface area contributed by atoms with Gasteiger partial charge in [0.25, 0.3) is 0 Å². The summed E-state index contributed by atoms with van der Waals surface area (Å²) in [5.41, 5.74) is 0.875. The zero-order chi connectivity index (χ0) is 17.9. The highest BCUT2D eigenvalue weighted by Crippen LogP contribution is 2.26. The molecule has 2 atom stereocenters. The summed E-state index contributed by atoms with van der Waals surface area (Å²) in [5.74, 6) is 0. The van der Waals surface area contributed by atoms with Crippen LogP contribution in [0.1, 0.15) is 25.8 Å². The average Bonchev–Trinajstić information content (AvgIpc) is 2.52. The lowest BCUT2D eigenvalue weighted by atomic mass is 10.1. The minimum absolute atomic E-state index is 0.168. The molecule has 0 bridgehead atoms. The van der Waals surface area contributed by atoms with Crippen molar-refractivity contribution >= 4 is 21.6 Å². The number of nitrogens with zero attached hydrogens (tertiary/aromatic N) is 2. The molecule has 24 heavy (non-hydrogen) atoms. The van der Waals surface area contributed by atoms with Crippen molar-refractivity contribution in [3.05, 3.63) is 28.8 Å². The van der Waals surface area contributed by atoms with Crippen LogP contribution in [-0.4, -0.2) is 63.1 Å². The van der Waals surface area contributed by atoms with Crippen LogP contribution < -0.4 is 0 Å². The second-order valence-corrected chi connectivity index (χ2v) is 8.86. The molecule has 5 nitrogen and oxygen atoms in total. The molecule has 2 rings (SSSR count). The number of aryl methyl sites for hydroxylation is 1. The molecule has 1 aliphatic heterocycles.